The van der Waals surface area contributed by atoms with Gasteiger partial charge in [0.25, 0.3) is 0 Å². The van der Waals surface area contributed by atoms with Crippen LogP contribution in [-0.2, 0) is 16.6 Å². The fourth-order valence-electron chi connectivity index (χ4n) is 5.12. The highest BCUT2D eigenvalue weighted by atomic mass is 32.1. The molecule has 136 valence electrons. The Morgan fingerprint density at radius 1 is 1.28 bits per heavy atom. The maximum atomic E-state index is 12.9. The molecule has 1 amide bonds. The van der Waals surface area contributed by atoms with Crippen molar-refractivity contribution < 1.29 is 9.90 Å². The predicted octanol–water partition coefficient (Wildman–Crippen LogP) is 3.28. The van der Waals surface area contributed by atoms with Crippen LogP contribution in [0.15, 0.2) is 5.38 Å². The number of carbonyl (C=O) groups excluding carboxylic acids is 1. The molecular formula is C20H28N2O2S. The fourth-order valence-corrected chi connectivity index (χ4v) is 6.28. The maximum Gasteiger partial charge on any atom is 0.229 e. The minimum atomic E-state index is -0.695. The first-order valence-electron chi connectivity index (χ1n) is 9.70. The van der Waals surface area contributed by atoms with Crippen molar-refractivity contribution in [3.05, 3.63) is 16.1 Å². The van der Waals surface area contributed by atoms with Gasteiger partial charge in [0.1, 0.15) is 0 Å². The van der Waals surface area contributed by atoms with E-state index < -0.39 is 5.60 Å². The Labute approximate surface area is 153 Å². The number of rotatable bonds is 3. The highest BCUT2D eigenvalue weighted by Gasteiger charge is 2.76. The van der Waals surface area contributed by atoms with Crippen LogP contribution in [0.5, 0.6) is 0 Å². The van der Waals surface area contributed by atoms with Crippen LogP contribution >= 0.6 is 11.3 Å². The highest BCUT2D eigenvalue weighted by molar-refractivity contribution is 7.09. The molecule has 2 unspecified atom stereocenters. The number of amides is 1. The van der Waals surface area contributed by atoms with E-state index in [9.17, 15) is 9.90 Å². The summed E-state index contributed by atoms with van der Waals surface area (Å²) in [5, 5.41) is 14.4. The summed E-state index contributed by atoms with van der Waals surface area (Å²) in [6, 6.07) is 0.490. The fraction of sp³-hybridized carbons (Fsp3) is 0.800. The highest BCUT2D eigenvalue weighted by Crippen LogP contribution is 2.76. The lowest BCUT2D eigenvalue weighted by molar-refractivity contribution is -0.144. The van der Waals surface area contributed by atoms with E-state index in [4.69, 9.17) is 4.98 Å². The third kappa shape index (κ3) is 2.49. The van der Waals surface area contributed by atoms with Crippen molar-refractivity contribution >= 4 is 17.2 Å². The first-order chi connectivity index (χ1) is 11.7. The lowest BCUT2D eigenvalue weighted by Crippen LogP contribution is -2.55. The van der Waals surface area contributed by atoms with Crippen molar-refractivity contribution in [2.45, 2.75) is 88.8 Å². The summed E-state index contributed by atoms with van der Waals surface area (Å²) in [5.74, 6) is 1.11. The molecule has 4 nitrogen and oxygen atoms in total. The number of hydrogen-bond donors (Lipinski definition) is 1. The van der Waals surface area contributed by atoms with Crippen molar-refractivity contribution in [2.75, 3.05) is 0 Å². The maximum absolute atomic E-state index is 12.9. The minimum Gasteiger partial charge on any atom is -0.389 e. The Bertz CT molecular complexity index is 714. The van der Waals surface area contributed by atoms with Crippen LogP contribution in [0.25, 0.3) is 0 Å². The molecule has 1 aromatic heterocycles. The smallest absolute Gasteiger partial charge is 0.229 e. The van der Waals surface area contributed by atoms with Gasteiger partial charge in [0.05, 0.1) is 21.7 Å². The Hall–Kier alpha value is -0.940. The molecular weight excluding hydrogens is 332 g/mol. The Kier molecular flexibility index (Phi) is 3.16. The van der Waals surface area contributed by atoms with Crippen molar-refractivity contribution in [1.82, 2.24) is 9.88 Å². The van der Waals surface area contributed by atoms with Crippen molar-refractivity contribution in [2.24, 2.45) is 11.3 Å². The van der Waals surface area contributed by atoms with Gasteiger partial charge in [-0.2, -0.15) is 0 Å². The van der Waals surface area contributed by atoms with Crippen molar-refractivity contribution in [1.29, 1.82) is 0 Å². The second-order valence-electron chi connectivity index (χ2n) is 10.0. The largest absolute Gasteiger partial charge is 0.389 e. The van der Waals surface area contributed by atoms with Crippen LogP contribution in [0.2, 0.25) is 0 Å². The second-order valence-corrected chi connectivity index (χ2v) is 11.0. The second kappa shape index (κ2) is 4.86. The number of fused-ring (bicyclic) bond motifs is 3. The molecule has 1 aromatic rings. The van der Waals surface area contributed by atoms with Crippen LogP contribution in [0.3, 0.4) is 0 Å². The van der Waals surface area contributed by atoms with Gasteiger partial charge in [-0.15, -0.1) is 11.3 Å². The van der Waals surface area contributed by atoms with E-state index in [0.29, 0.717) is 18.2 Å². The van der Waals surface area contributed by atoms with Crippen molar-refractivity contribution in [3.8, 4) is 0 Å². The molecule has 2 bridgehead atoms. The number of aromatic nitrogens is 1. The molecule has 0 radical (unpaired) electrons. The predicted molar refractivity (Wildman–Crippen MR) is 97.5 cm³/mol. The van der Waals surface area contributed by atoms with Crippen LogP contribution in [-0.4, -0.2) is 38.6 Å². The molecule has 1 N–H and O–H groups in total. The van der Waals surface area contributed by atoms with E-state index in [2.05, 4.69) is 31.1 Å². The summed E-state index contributed by atoms with van der Waals surface area (Å²) in [7, 11) is 0. The SMILES string of the molecule is CC(C)(C)c1csc(CC2(O)CC3CCC(C2)N3C(=O)C23CC2C3)n1. The third-order valence-electron chi connectivity index (χ3n) is 6.99. The van der Waals surface area contributed by atoms with E-state index in [0.717, 1.165) is 49.2 Å². The number of thiazole rings is 1. The zero-order valence-corrected chi connectivity index (χ0v) is 16.2. The molecule has 0 aromatic carbocycles. The molecule has 25 heavy (non-hydrogen) atoms. The summed E-state index contributed by atoms with van der Waals surface area (Å²) < 4.78 is 0. The average Bonchev–Trinajstić information content (AvgIpc) is 3.27. The monoisotopic (exact) mass is 360 g/mol. The van der Waals surface area contributed by atoms with E-state index >= 15 is 0 Å². The summed E-state index contributed by atoms with van der Waals surface area (Å²) in [5.41, 5.74) is 0.531. The number of aliphatic hydroxyl groups is 1. The molecule has 2 saturated carbocycles. The molecule has 5 rings (SSSR count). The van der Waals surface area contributed by atoms with E-state index in [1.54, 1.807) is 11.3 Å². The number of nitrogens with zero attached hydrogens (tertiary/aromatic N) is 2. The van der Waals surface area contributed by atoms with Gasteiger partial charge in [0, 0.05) is 29.3 Å². The topological polar surface area (TPSA) is 53.4 Å². The first kappa shape index (κ1) is 16.2. The molecule has 0 spiro atoms. The quantitative estimate of drug-likeness (QED) is 0.900. The molecule has 2 saturated heterocycles. The summed E-state index contributed by atoms with van der Waals surface area (Å²) >= 11 is 1.67. The Morgan fingerprint density at radius 2 is 1.88 bits per heavy atom. The zero-order chi connectivity index (χ0) is 17.6. The van der Waals surface area contributed by atoms with Crippen LogP contribution in [0.4, 0.5) is 0 Å². The van der Waals surface area contributed by atoms with Gasteiger partial charge in [-0.05, 0) is 44.4 Å². The van der Waals surface area contributed by atoms with Gasteiger partial charge in [-0.1, -0.05) is 20.8 Å². The van der Waals surface area contributed by atoms with Gasteiger partial charge < -0.3 is 10.0 Å². The Balaban J connectivity index is 1.31. The van der Waals surface area contributed by atoms with Crippen LogP contribution in [0, 0.1) is 11.3 Å². The normalized spacial score (nSPS) is 41.6. The summed E-state index contributed by atoms with van der Waals surface area (Å²) in [4.78, 5) is 19.9. The lowest BCUT2D eigenvalue weighted by atomic mass is 9.83. The summed E-state index contributed by atoms with van der Waals surface area (Å²) in [6.07, 6.45) is 6.45. The van der Waals surface area contributed by atoms with Gasteiger partial charge in [0.2, 0.25) is 5.91 Å². The summed E-state index contributed by atoms with van der Waals surface area (Å²) in [6.45, 7) is 6.52. The molecule has 5 heteroatoms. The lowest BCUT2D eigenvalue weighted by Gasteiger charge is -2.44. The van der Waals surface area contributed by atoms with Gasteiger partial charge in [-0.25, -0.2) is 4.98 Å². The molecule has 2 aliphatic heterocycles. The van der Waals surface area contributed by atoms with Crippen LogP contribution < -0.4 is 0 Å². The Morgan fingerprint density at radius 3 is 2.36 bits per heavy atom. The molecule has 4 aliphatic rings. The van der Waals surface area contributed by atoms with Gasteiger partial charge >= 0.3 is 0 Å². The number of hydrogen-bond acceptors (Lipinski definition) is 4. The molecule has 2 aliphatic carbocycles. The molecule has 2 atom stereocenters. The third-order valence-corrected chi connectivity index (χ3v) is 7.84. The van der Waals surface area contributed by atoms with Crippen LogP contribution in [0.1, 0.15) is 70.0 Å². The van der Waals surface area contributed by atoms with E-state index in [1.807, 2.05) is 0 Å². The van der Waals surface area contributed by atoms with E-state index in [-0.39, 0.29) is 22.9 Å². The molecule has 3 heterocycles. The van der Waals surface area contributed by atoms with Crippen molar-refractivity contribution in [3.63, 3.8) is 0 Å². The number of carbonyl (C=O) groups is 1. The van der Waals surface area contributed by atoms with Gasteiger partial charge in [0.15, 0.2) is 0 Å². The standard InChI is InChI=1S/C20H28N2O2S/c1-18(2,3)15-11-25-16(21-15)10-19(24)8-13-4-5-14(9-19)22(13)17(23)20-6-12(20)7-20/h11-14,24H,4-10H2,1-3H3. The average molecular weight is 361 g/mol. The van der Waals surface area contributed by atoms with Gasteiger partial charge in [-0.3, -0.25) is 4.79 Å². The zero-order valence-electron chi connectivity index (χ0n) is 15.4. The first-order valence-corrected chi connectivity index (χ1v) is 10.6. The molecule has 4 fully saturated rings. The van der Waals surface area contributed by atoms with E-state index in [1.165, 1.54) is 0 Å². The minimum absolute atomic E-state index is 0.0521. The number of piperidine rings is 1.